The number of nitrogens with zero attached hydrogens (tertiary/aromatic N) is 1. The average molecular weight is 219 g/mol. The van der Waals surface area contributed by atoms with E-state index >= 15 is 0 Å². The second-order valence-corrected chi connectivity index (χ2v) is 3.13. The number of nitro groups is 1. The molecule has 0 amide bonds. The molecule has 5 nitrogen and oxygen atoms in total. The van der Waals surface area contributed by atoms with Gasteiger partial charge in [0.05, 0.1) is 4.92 Å². The summed E-state index contributed by atoms with van der Waals surface area (Å²) in [5.41, 5.74) is 1.11. The lowest BCUT2D eigenvalue weighted by molar-refractivity contribution is -0.385. The minimum absolute atomic E-state index is 0.0313. The van der Waals surface area contributed by atoms with E-state index in [1.807, 2.05) is 0 Å². The first-order valence-corrected chi connectivity index (χ1v) is 4.46. The molecule has 0 bridgehead atoms. The van der Waals surface area contributed by atoms with Crippen molar-refractivity contribution in [3.05, 3.63) is 39.4 Å². The van der Waals surface area contributed by atoms with Gasteiger partial charge in [0.1, 0.15) is 6.42 Å². The number of carbonyl (C=O) groups is 1. The fraction of sp³-hybridized carbons (Fsp3) is 0.182. The van der Waals surface area contributed by atoms with Gasteiger partial charge < -0.3 is 5.11 Å². The normalized spacial score (nSPS) is 9.06. The largest absolute Gasteiger partial charge is 0.481 e. The van der Waals surface area contributed by atoms with E-state index in [2.05, 4.69) is 11.8 Å². The molecule has 0 aliphatic carbocycles. The van der Waals surface area contributed by atoms with Crippen molar-refractivity contribution in [1.82, 2.24) is 0 Å². The van der Waals surface area contributed by atoms with E-state index in [9.17, 15) is 14.9 Å². The van der Waals surface area contributed by atoms with Crippen LogP contribution in [-0.4, -0.2) is 16.0 Å². The maximum absolute atomic E-state index is 10.5. The third-order valence-electron chi connectivity index (χ3n) is 1.87. The van der Waals surface area contributed by atoms with Crippen LogP contribution in [0.15, 0.2) is 18.2 Å². The second kappa shape index (κ2) is 4.94. The van der Waals surface area contributed by atoms with Gasteiger partial charge in [0, 0.05) is 17.2 Å². The summed E-state index contributed by atoms with van der Waals surface area (Å²) in [6, 6.07) is 4.42. The van der Waals surface area contributed by atoms with Crippen LogP contribution in [0.5, 0.6) is 0 Å². The van der Waals surface area contributed by atoms with Crippen molar-refractivity contribution < 1.29 is 14.8 Å². The number of aryl methyl sites for hydroxylation is 1. The highest BCUT2D eigenvalue weighted by Gasteiger charge is 2.08. The van der Waals surface area contributed by atoms with Gasteiger partial charge in [0.2, 0.25) is 0 Å². The molecule has 0 radical (unpaired) electrons. The smallest absolute Gasteiger partial charge is 0.315 e. The molecule has 1 aromatic rings. The van der Waals surface area contributed by atoms with Gasteiger partial charge in [-0.3, -0.25) is 14.9 Å². The van der Waals surface area contributed by atoms with Crippen LogP contribution < -0.4 is 0 Å². The zero-order valence-corrected chi connectivity index (χ0v) is 8.56. The van der Waals surface area contributed by atoms with E-state index in [4.69, 9.17) is 5.11 Å². The van der Waals surface area contributed by atoms with Crippen molar-refractivity contribution in [3.63, 3.8) is 0 Å². The minimum Gasteiger partial charge on any atom is -0.481 e. The fourth-order valence-corrected chi connectivity index (χ4v) is 1.16. The molecular weight excluding hydrogens is 210 g/mol. The quantitative estimate of drug-likeness (QED) is 0.466. The van der Waals surface area contributed by atoms with E-state index in [-0.39, 0.29) is 12.1 Å². The molecule has 0 aromatic heterocycles. The molecule has 16 heavy (non-hydrogen) atoms. The first kappa shape index (κ1) is 11.7. The van der Waals surface area contributed by atoms with Crippen molar-refractivity contribution in [1.29, 1.82) is 0 Å². The Labute approximate surface area is 91.9 Å². The van der Waals surface area contributed by atoms with Gasteiger partial charge in [0.15, 0.2) is 0 Å². The third kappa shape index (κ3) is 3.10. The minimum atomic E-state index is -0.994. The molecule has 82 valence electrons. The molecule has 0 saturated heterocycles. The Kier molecular flexibility index (Phi) is 3.62. The molecule has 1 N–H and O–H groups in total. The molecule has 0 aliphatic heterocycles. The van der Waals surface area contributed by atoms with Gasteiger partial charge in [-0.2, -0.15) is 0 Å². The SMILES string of the molecule is Cc1cc(C#CCC(=O)O)ccc1[N+](=O)[O-]. The summed E-state index contributed by atoms with van der Waals surface area (Å²) < 4.78 is 0. The van der Waals surface area contributed by atoms with Crippen LogP contribution in [0, 0.1) is 28.9 Å². The van der Waals surface area contributed by atoms with Crippen molar-refractivity contribution in [2.75, 3.05) is 0 Å². The monoisotopic (exact) mass is 219 g/mol. The molecular formula is C11H9NO4. The van der Waals surface area contributed by atoms with Crippen LogP contribution in [0.25, 0.3) is 0 Å². The second-order valence-electron chi connectivity index (χ2n) is 3.13. The number of carboxylic acid groups (broad SMARTS) is 1. The van der Waals surface area contributed by atoms with Gasteiger partial charge in [0.25, 0.3) is 5.69 Å². The summed E-state index contributed by atoms with van der Waals surface area (Å²) in [5.74, 6) is 4.09. The molecule has 0 saturated carbocycles. The number of aliphatic carboxylic acids is 1. The van der Waals surface area contributed by atoms with Gasteiger partial charge in [-0.15, -0.1) is 0 Å². The van der Waals surface area contributed by atoms with E-state index in [0.717, 1.165) is 0 Å². The van der Waals surface area contributed by atoms with Crippen molar-refractivity contribution in [2.45, 2.75) is 13.3 Å². The molecule has 0 fully saturated rings. The zero-order chi connectivity index (χ0) is 12.1. The number of benzene rings is 1. The Morgan fingerprint density at radius 1 is 1.56 bits per heavy atom. The Morgan fingerprint density at radius 3 is 2.75 bits per heavy atom. The fourth-order valence-electron chi connectivity index (χ4n) is 1.16. The van der Waals surface area contributed by atoms with E-state index in [0.29, 0.717) is 11.1 Å². The van der Waals surface area contributed by atoms with Gasteiger partial charge in [-0.1, -0.05) is 11.8 Å². The van der Waals surface area contributed by atoms with Crippen LogP contribution in [0.4, 0.5) is 5.69 Å². The molecule has 1 aromatic carbocycles. The summed E-state index contributed by atoms with van der Waals surface area (Å²) in [5, 5.41) is 18.9. The lowest BCUT2D eigenvalue weighted by Gasteiger charge is -1.96. The molecule has 5 heteroatoms. The van der Waals surface area contributed by atoms with E-state index in [1.54, 1.807) is 13.0 Å². The zero-order valence-electron chi connectivity index (χ0n) is 8.56. The van der Waals surface area contributed by atoms with E-state index < -0.39 is 10.9 Å². The third-order valence-corrected chi connectivity index (χ3v) is 1.87. The van der Waals surface area contributed by atoms with Crippen molar-refractivity contribution in [2.24, 2.45) is 0 Å². The summed E-state index contributed by atoms with van der Waals surface area (Å²) >= 11 is 0. The Balaban J connectivity index is 2.92. The highest BCUT2D eigenvalue weighted by atomic mass is 16.6. The van der Waals surface area contributed by atoms with E-state index in [1.165, 1.54) is 12.1 Å². The molecule has 0 aliphatic rings. The predicted molar refractivity (Wildman–Crippen MR) is 57.0 cm³/mol. The molecule has 1 rings (SSSR count). The Bertz CT molecular complexity index is 496. The molecule has 0 heterocycles. The maximum atomic E-state index is 10.5. The van der Waals surface area contributed by atoms with Crippen LogP contribution in [0.3, 0.4) is 0 Å². The average Bonchev–Trinajstić information content (AvgIpc) is 2.16. The van der Waals surface area contributed by atoms with Crippen molar-refractivity contribution in [3.8, 4) is 11.8 Å². The highest BCUT2D eigenvalue weighted by Crippen LogP contribution is 2.18. The lowest BCUT2D eigenvalue weighted by Crippen LogP contribution is -1.92. The Hall–Kier alpha value is -2.35. The first-order chi connectivity index (χ1) is 7.50. The van der Waals surface area contributed by atoms with Gasteiger partial charge in [-0.05, 0) is 19.1 Å². The lowest BCUT2D eigenvalue weighted by atomic mass is 10.1. The number of hydrogen-bond donors (Lipinski definition) is 1. The van der Waals surface area contributed by atoms with Crippen LogP contribution in [0.2, 0.25) is 0 Å². The summed E-state index contributed by atoms with van der Waals surface area (Å²) in [4.78, 5) is 20.3. The molecule has 0 atom stereocenters. The van der Waals surface area contributed by atoms with Crippen LogP contribution >= 0.6 is 0 Å². The predicted octanol–water partition coefficient (Wildman–Crippen LogP) is 1.73. The van der Waals surface area contributed by atoms with Crippen LogP contribution in [0.1, 0.15) is 17.5 Å². The number of hydrogen-bond acceptors (Lipinski definition) is 3. The van der Waals surface area contributed by atoms with Crippen molar-refractivity contribution >= 4 is 11.7 Å². The molecule has 0 unspecified atom stereocenters. The number of carboxylic acids is 1. The van der Waals surface area contributed by atoms with Gasteiger partial charge in [-0.25, -0.2) is 0 Å². The number of rotatable bonds is 2. The summed E-state index contributed by atoms with van der Waals surface area (Å²) in [7, 11) is 0. The first-order valence-electron chi connectivity index (χ1n) is 4.46. The maximum Gasteiger partial charge on any atom is 0.315 e. The van der Waals surface area contributed by atoms with Gasteiger partial charge >= 0.3 is 5.97 Å². The highest BCUT2D eigenvalue weighted by molar-refractivity contribution is 5.70. The molecule has 0 spiro atoms. The Morgan fingerprint density at radius 2 is 2.25 bits per heavy atom. The topological polar surface area (TPSA) is 80.4 Å². The van der Waals surface area contributed by atoms with Crippen LogP contribution in [-0.2, 0) is 4.79 Å². The summed E-state index contributed by atoms with van der Waals surface area (Å²) in [6.07, 6.45) is -0.240. The standard InChI is InChI=1S/C11H9NO4/c1-8-7-9(3-2-4-11(13)14)5-6-10(8)12(15)16/h5-7H,4H2,1H3,(H,13,14). The number of nitro benzene ring substituents is 1. The summed E-state index contributed by atoms with van der Waals surface area (Å²) in [6.45, 7) is 1.61.